The van der Waals surface area contributed by atoms with E-state index < -0.39 is 17.1 Å². The molecular formula is C32H39N5O5. The third-order valence-corrected chi connectivity index (χ3v) is 6.93. The molecule has 2 heterocycles. The summed E-state index contributed by atoms with van der Waals surface area (Å²) >= 11 is 0. The molecule has 2 aromatic heterocycles. The summed E-state index contributed by atoms with van der Waals surface area (Å²) < 4.78 is 12.7. The molecule has 1 aliphatic carbocycles. The first-order chi connectivity index (χ1) is 20.0. The van der Waals surface area contributed by atoms with Gasteiger partial charge in [-0.05, 0) is 81.7 Å². The Bertz CT molecular complexity index is 1550. The summed E-state index contributed by atoms with van der Waals surface area (Å²) in [5.74, 6) is 0.632. The van der Waals surface area contributed by atoms with Gasteiger partial charge in [0.25, 0.3) is 11.5 Å². The van der Waals surface area contributed by atoms with E-state index in [1.807, 2.05) is 52.0 Å². The molecule has 0 aliphatic heterocycles. The molecule has 10 nitrogen and oxygen atoms in total. The molecule has 1 saturated carbocycles. The predicted molar refractivity (Wildman–Crippen MR) is 163 cm³/mol. The number of fused-ring (bicyclic) bond motifs is 1. The second-order valence-corrected chi connectivity index (χ2v) is 11.3. The minimum absolute atomic E-state index is 0.0326. The van der Waals surface area contributed by atoms with Crippen LogP contribution < -0.4 is 15.6 Å². The maximum absolute atomic E-state index is 13.1. The summed E-state index contributed by atoms with van der Waals surface area (Å²) in [5, 5.41) is 4.47. The Labute approximate surface area is 246 Å². The first-order valence-electron chi connectivity index (χ1n) is 14.2. The fourth-order valence-electron chi connectivity index (χ4n) is 4.72. The van der Waals surface area contributed by atoms with Gasteiger partial charge in [-0.2, -0.15) is 0 Å². The van der Waals surface area contributed by atoms with Crippen molar-refractivity contribution in [3.63, 3.8) is 0 Å². The topological polar surface area (TPSA) is 116 Å². The summed E-state index contributed by atoms with van der Waals surface area (Å²) in [7, 11) is 0. The van der Waals surface area contributed by atoms with Crippen LogP contribution in [-0.4, -0.2) is 50.2 Å². The van der Waals surface area contributed by atoms with E-state index in [0.29, 0.717) is 37.2 Å². The smallest absolute Gasteiger partial charge is 0.410 e. The quantitative estimate of drug-likeness (QED) is 0.327. The molecular weight excluding hydrogens is 534 g/mol. The average Bonchev–Trinajstić information content (AvgIpc) is 2.91. The van der Waals surface area contributed by atoms with E-state index in [4.69, 9.17) is 9.47 Å². The number of pyridine rings is 1. The first-order valence-corrected chi connectivity index (χ1v) is 14.2. The Morgan fingerprint density at radius 1 is 1.17 bits per heavy atom. The van der Waals surface area contributed by atoms with Crippen LogP contribution in [0, 0.1) is 5.92 Å². The van der Waals surface area contributed by atoms with E-state index in [1.54, 1.807) is 4.90 Å². The van der Waals surface area contributed by atoms with E-state index in [0.717, 1.165) is 35.2 Å². The van der Waals surface area contributed by atoms with Crippen molar-refractivity contribution in [1.29, 1.82) is 0 Å². The predicted octanol–water partition coefficient (Wildman–Crippen LogP) is 5.40. The lowest BCUT2D eigenvalue weighted by molar-refractivity contribution is 0.0173. The van der Waals surface area contributed by atoms with Crippen LogP contribution in [0.3, 0.4) is 0 Å². The molecule has 1 N–H and O–H groups in total. The molecule has 0 atom stereocenters. The first kappa shape index (κ1) is 30.5. The molecule has 1 aromatic carbocycles. The van der Waals surface area contributed by atoms with Crippen molar-refractivity contribution >= 4 is 35.0 Å². The van der Waals surface area contributed by atoms with Gasteiger partial charge in [-0.3, -0.25) is 14.2 Å². The zero-order chi connectivity index (χ0) is 30.4. The Kier molecular flexibility index (Phi) is 9.45. The molecule has 2 amide bonds. The minimum atomic E-state index is -0.583. The number of nitrogens with one attached hydrogen (secondary N) is 1. The normalized spacial score (nSPS) is 13.2. The number of ether oxygens (including phenoxy) is 2. The fraction of sp³-hybridized carbons (Fsp3) is 0.406. The van der Waals surface area contributed by atoms with Crippen LogP contribution in [0.25, 0.3) is 23.0 Å². The Hall–Kier alpha value is -4.47. The third kappa shape index (κ3) is 7.43. The second kappa shape index (κ2) is 13.0. The molecule has 0 radical (unpaired) electrons. The number of hydrogen-bond donors (Lipinski definition) is 1. The summed E-state index contributed by atoms with van der Waals surface area (Å²) in [6.07, 6.45) is 5.80. The summed E-state index contributed by atoms with van der Waals surface area (Å²) in [6, 6.07) is 8.95. The third-order valence-electron chi connectivity index (χ3n) is 6.93. The second-order valence-electron chi connectivity index (χ2n) is 11.3. The zero-order valence-corrected chi connectivity index (χ0v) is 24.8. The summed E-state index contributed by atoms with van der Waals surface area (Å²) in [5.41, 5.74) is 0.460. The summed E-state index contributed by atoms with van der Waals surface area (Å²) in [6.45, 7) is 16.3. The number of benzene rings is 1. The van der Waals surface area contributed by atoms with Crippen molar-refractivity contribution in [3.8, 4) is 5.88 Å². The Morgan fingerprint density at radius 3 is 2.55 bits per heavy atom. The molecule has 0 saturated heterocycles. The molecule has 0 bridgehead atoms. The Morgan fingerprint density at radius 2 is 1.93 bits per heavy atom. The fourth-order valence-corrected chi connectivity index (χ4v) is 4.72. The summed E-state index contributed by atoms with van der Waals surface area (Å²) in [4.78, 5) is 48.9. The van der Waals surface area contributed by atoms with E-state index in [1.165, 1.54) is 23.3 Å². The van der Waals surface area contributed by atoms with Gasteiger partial charge in [0, 0.05) is 30.7 Å². The van der Waals surface area contributed by atoms with Crippen LogP contribution >= 0.6 is 0 Å². The van der Waals surface area contributed by atoms with Gasteiger partial charge in [0.1, 0.15) is 17.1 Å². The van der Waals surface area contributed by atoms with Gasteiger partial charge in [-0.1, -0.05) is 25.6 Å². The standard InChI is InChI=1S/C32H39N5O5/c1-7-27-35-26(17-28(38)37(27)8-2)29(39)33-18-24-16-23-15-22(13-14-25(23)30(34-24)41-9-3)20-36(19-21-11-10-12-21)31(40)42-32(4,5)6/h7-8,13-17,21H,1-2,9-12,18-20H2,3-6H3,(H,33,39). The molecule has 0 spiro atoms. The lowest BCUT2D eigenvalue weighted by Crippen LogP contribution is -2.40. The van der Waals surface area contributed by atoms with Crippen molar-refractivity contribution in [2.24, 2.45) is 5.92 Å². The number of rotatable bonds is 11. The van der Waals surface area contributed by atoms with Gasteiger partial charge in [0.2, 0.25) is 5.88 Å². The number of carbonyl (C=O) groups is 2. The van der Waals surface area contributed by atoms with Gasteiger partial charge in [0.05, 0.1) is 18.8 Å². The highest BCUT2D eigenvalue weighted by Crippen LogP contribution is 2.30. The SMILES string of the molecule is C=Cc1nc(C(=O)NCc2cc3cc(CN(CC4CCC4)C(=O)OC(C)(C)C)ccc3c(OCC)n2)cc(=O)n1C=C. The van der Waals surface area contributed by atoms with E-state index in [9.17, 15) is 14.4 Å². The molecule has 222 valence electrons. The van der Waals surface area contributed by atoms with Crippen LogP contribution in [0.5, 0.6) is 5.88 Å². The van der Waals surface area contributed by atoms with Gasteiger partial charge in [-0.25, -0.2) is 14.8 Å². The van der Waals surface area contributed by atoms with Crippen molar-refractivity contribution in [1.82, 2.24) is 24.8 Å². The van der Waals surface area contributed by atoms with Crippen LogP contribution in [0.1, 0.15) is 74.5 Å². The van der Waals surface area contributed by atoms with Gasteiger partial charge < -0.3 is 19.7 Å². The monoisotopic (exact) mass is 573 g/mol. The highest BCUT2D eigenvalue weighted by Gasteiger charge is 2.27. The molecule has 1 fully saturated rings. The average molecular weight is 574 g/mol. The number of nitrogens with zero attached hydrogens (tertiary/aromatic N) is 4. The van der Waals surface area contributed by atoms with Crippen LogP contribution in [0.2, 0.25) is 0 Å². The van der Waals surface area contributed by atoms with Gasteiger partial charge >= 0.3 is 6.09 Å². The van der Waals surface area contributed by atoms with Crippen molar-refractivity contribution in [3.05, 3.63) is 76.6 Å². The highest BCUT2D eigenvalue weighted by atomic mass is 16.6. The molecule has 0 unspecified atom stereocenters. The van der Waals surface area contributed by atoms with Crippen LogP contribution in [0.15, 0.2) is 48.3 Å². The highest BCUT2D eigenvalue weighted by molar-refractivity contribution is 5.92. The lowest BCUT2D eigenvalue weighted by atomic mass is 9.85. The lowest BCUT2D eigenvalue weighted by Gasteiger charge is -2.33. The molecule has 4 rings (SSSR count). The van der Waals surface area contributed by atoms with Crippen LogP contribution in [0.4, 0.5) is 4.79 Å². The number of hydrogen-bond acceptors (Lipinski definition) is 7. The largest absolute Gasteiger partial charge is 0.478 e. The van der Waals surface area contributed by atoms with E-state index in [2.05, 4.69) is 28.4 Å². The van der Waals surface area contributed by atoms with Crippen molar-refractivity contribution in [2.45, 2.75) is 65.6 Å². The molecule has 10 heteroatoms. The number of amides is 2. The van der Waals surface area contributed by atoms with E-state index >= 15 is 0 Å². The van der Waals surface area contributed by atoms with Crippen molar-refractivity contribution < 1.29 is 19.1 Å². The van der Waals surface area contributed by atoms with Crippen molar-refractivity contribution in [2.75, 3.05) is 13.2 Å². The van der Waals surface area contributed by atoms with Gasteiger partial charge in [-0.15, -0.1) is 0 Å². The maximum Gasteiger partial charge on any atom is 0.410 e. The molecule has 3 aromatic rings. The maximum atomic E-state index is 13.1. The number of carbonyl (C=O) groups excluding carboxylic acids is 2. The van der Waals surface area contributed by atoms with Gasteiger partial charge in [0.15, 0.2) is 0 Å². The molecule has 1 aliphatic rings. The Balaban J connectivity index is 1.58. The van der Waals surface area contributed by atoms with E-state index in [-0.39, 0.29) is 24.2 Å². The zero-order valence-electron chi connectivity index (χ0n) is 24.8. The van der Waals surface area contributed by atoms with Crippen LogP contribution in [-0.2, 0) is 17.8 Å². The number of aromatic nitrogens is 3. The molecule has 42 heavy (non-hydrogen) atoms. The minimum Gasteiger partial charge on any atom is -0.478 e.